The molecule has 1 N–H and O–H groups in total. The number of carboxylic acids is 1. The molecule has 5 heteroatoms. The molecule has 0 aromatic heterocycles. The molecule has 0 radical (unpaired) electrons. The second kappa shape index (κ2) is 6.73. The van der Waals surface area contributed by atoms with Gasteiger partial charge in [0.2, 0.25) is 0 Å². The van der Waals surface area contributed by atoms with Gasteiger partial charge in [0.05, 0.1) is 0 Å². The number of hydrogen-bond donors (Lipinski definition) is 1. The summed E-state index contributed by atoms with van der Waals surface area (Å²) < 4.78 is 13.3. The zero-order valence-electron chi connectivity index (χ0n) is 10.5. The van der Waals surface area contributed by atoms with Crippen molar-refractivity contribution in [2.45, 2.75) is 6.54 Å². The van der Waals surface area contributed by atoms with Crippen LogP contribution in [-0.4, -0.2) is 40.6 Å². The van der Waals surface area contributed by atoms with E-state index >= 15 is 0 Å². The number of carboxylic acid groups (broad SMARTS) is 1. The summed E-state index contributed by atoms with van der Waals surface area (Å²) in [5.41, 5.74) is 1.60. The van der Waals surface area contributed by atoms with Gasteiger partial charge in [0.1, 0.15) is 5.82 Å². The Kier molecular flexibility index (Phi) is 4.99. The minimum absolute atomic E-state index is 0.344. The van der Waals surface area contributed by atoms with E-state index in [9.17, 15) is 9.18 Å². The molecule has 0 unspecified atom stereocenters. The number of hydrogen-bond acceptors (Lipinski definition) is 3. The molecule has 3 nitrogen and oxygen atoms in total. The molecule has 1 heterocycles. The Bertz CT molecular complexity index is 484. The van der Waals surface area contributed by atoms with Crippen LogP contribution in [0.5, 0.6) is 0 Å². The van der Waals surface area contributed by atoms with Crippen molar-refractivity contribution in [1.29, 1.82) is 0 Å². The maximum Gasteiger partial charge on any atom is 0.328 e. The van der Waals surface area contributed by atoms with Crippen LogP contribution in [-0.2, 0) is 11.3 Å². The average molecular weight is 281 g/mol. The van der Waals surface area contributed by atoms with Gasteiger partial charge in [-0.1, -0.05) is 6.07 Å². The molecule has 102 valence electrons. The number of halogens is 1. The number of benzene rings is 1. The second-order valence-corrected chi connectivity index (χ2v) is 5.63. The monoisotopic (exact) mass is 281 g/mol. The highest BCUT2D eigenvalue weighted by molar-refractivity contribution is 7.99. The maximum atomic E-state index is 13.3. The van der Waals surface area contributed by atoms with Crippen molar-refractivity contribution in [3.8, 4) is 0 Å². The zero-order chi connectivity index (χ0) is 13.7. The van der Waals surface area contributed by atoms with E-state index in [0.717, 1.165) is 42.8 Å². The van der Waals surface area contributed by atoms with E-state index in [0.29, 0.717) is 5.56 Å². The number of carbonyl (C=O) groups is 1. The third-order valence-electron chi connectivity index (χ3n) is 3.01. The normalized spacial score (nSPS) is 16.9. The first-order chi connectivity index (χ1) is 9.15. The lowest BCUT2D eigenvalue weighted by atomic mass is 10.1. The Labute approximate surface area is 116 Å². The van der Waals surface area contributed by atoms with E-state index in [-0.39, 0.29) is 5.82 Å². The van der Waals surface area contributed by atoms with E-state index < -0.39 is 5.97 Å². The highest BCUT2D eigenvalue weighted by Crippen LogP contribution is 2.18. The van der Waals surface area contributed by atoms with Crippen LogP contribution in [0.25, 0.3) is 6.08 Å². The number of rotatable bonds is 4. The van der Waals surface area contributed by atoms with E-state index in [4.69, 9.17) is 5.11 Å². The lowest BCUT2D eigenvalue weighted by Gasteiger charge is -2.26. The predicted molar refractivity (Wildman–Crippen MR) is 75.7 cm³/mol. The van der Waals surface area contributed by atoms with Crippen LogP contribution in [0, 0.1) is 5.82 Å². The number of thioether (sulfide) groups is 1. The van der Waals surface area contributed by atoms with Crippen molar-refractivity contribution < 1.29 is 14.3 Å². The van der Waals surface area contributed by atoms with E-state index in [1.54, 1.807) is 6.07 Å². The largest absolute Gasteiger partial charge is 0.478 e. The summed E-state index contributed by atoms with van der Waals surface area (Å²) in [6.07, 6.45) is 2.50. The van der Waals surface area contributed by atoms with Crippen molar-refractivity contribution in [2.24, 2.45) is 0 Å². The van der Waals surface area contributed by atoms with Crippen molar-refractivity contribution >= 4 is 23.8 Å². The highest BCUT2D eigenvalue weighted by atomic mass is 32.2. The van der Waals surface area contributed by atoms with Gasteiger partial charge in [-0.05, 0) is 29.3 Å². The van der Waals surface area contributed by atoms with E-state index in [1.165, 1.54) is 18.2 Å². The molecule has 0 atom stereocenters. The molecule has 0 spiro atoms. The summed E-state index contributed by atoms with van der Waals surface area (Å²) in [6.45, 7) is 2.77. The average Bonchev–Trinajstić information content (AvgIpc) is 2.40. The summed E-state index contributed by atoms with van der Waals surface area (Å²) in [5, 5.41) is 8.66. The molecular formula is C14H16FNO2S. The fourth-order valence-corrected chi connectivity index (χ4v) is 3.00. The molecule has 1 fully saturated rings. The fraction of sp³-hybridized carbons (Fsp3) is 0.357. The summed E-state index contributed by atoms with van der Waals surface area (Å²) >= 11 is 1.94. The van der Waals surface area contributed by atoms with Gasteiger partial charge in [-0.2, -0.15) is 11.8 Å². The first-order valence-electron chi connectivity index (χ1n) is 6.15. The summed E-state index contributed by atoms with van der Waals surface area (Å²) in [7, 11) is 0. The Morgan fingerprint density at radius 1 is 1.42 bits per heavy atom. The molecule has 1 saturated heterocycles. The van der Waals surface area contributed by atoms with Gasteiger partial charge in [0.25, 0.3) is 0 Å². The Balaban J connectivity index is 2.15. The molecule has 2 rings (SSSR count). The van der Waals surface area contributed by atoms with Crippen LogP contribution in [0.2, 0.25) is 0 Å². The summed E-state index contributed by atoms with van der Waals surface area (Å²) in [6, 6.07) is 4.54. The molecule has 1 aliphatic heterocycles. The molecule has 1 aliphatic rings. The van der Waals surface area contributed by atoms with Crippen LogP contribution in [0.15, 0.2) is 24.3 Å². The first kappa shape index (κ1) is 14.1. The quantitative estimate of drug-likeness (QED) is 0.861. The fourth-order valence-electron chi connectivity index (χ4n) is 2.03. The van der Waals surface area contributed by atoms with E-state index in [1.807, 2.05) is 11.8 Å². The lowest BCUT2D eigenvalue weighted by molar-refractivity contribution is -0.131. The number of aliphatic carboxylic acids is 1. The van der Waals surface area contributed by atoms with Gasteiger partial charge in [-0.25, -0.2) is 9.18 Å². The standard InChI is InChI=1S/C14H16FNO2S/c15-13-3-1-12(10-16-5-7-19-8-6-16)11(9-13)2-4-14(17)18/h1-4,9H,5-8,10H2,(H,17,18). The van der Waals surface area contributed by atoms with Crippen molar-refractivity contribution in [2.75, 3.05) is 24.6 Å². The van der Waals surface area contributed by atoms with Gasteiger partial charge in [-0.15, -0.1) is 0 Å². The maximum absolute atomic E-state index is 13.3. The Morgan fingerprint density at radius 3 is 2.84 bits per heavy atom. The van der Waals surface area contributed by atoms with Gasteiger partial charge in [0.15, 0.2) is 0 Å². The van der Waals surface area contributed by atoms with Gasteiger partial charge in [0, 0.05) is 37.2 Å². The van der Waals surface area contributed by atoms with Crippen LogP contribution in [0.3, 0.4) is 0 Å². The third kappa shape index (κ3) is 4.36. The Hall–Kier alpha value is -1.33. The van der Waals surface area contributed by atoms with Crippen molar-refractivity contribution in [3.63, 3.8) is 0 Å². The molecule has 0 aliphatic carbocycles. The zero-order valence-corrected chi connectivity index (χ0v) is 11.3. The molecule has 1 aromatic rings. The van der Waals surface area contributed by atoms with Crippen molar-refractivity contribution in [1.82, 2.24) is 4.90 Å². The summed E-state index contributed by atoms with van der Waals surface area (Å²) in [5.74, 6) is 0.857. The van der Waals surface area contributed by atoms with Crippen LogP contribution < -0.4 is 0 Å². The lowest BCUT2D eigenvalue weighted by Crippen LogP contribution is -2.32. The molecule has 0 amide bonds. The first-order valence-corrected chi connectivity index (χ1v) is 7.30. The molecule has 19 heavy (non-hydrogen) atoms. The van der Waals surface area contributed by atoms with Crippen LogP contribution in [0.1, 0.15) is 11.1 Å². The molecule has 0 saturated carbocycles. The molecule has 1 aromatic carbocycles. The second-order valence-electron chi connectivity index (χ2n) is 4.40. The highest BCUT2D eigenvalue weighted by Gasteiger charge is 2.12. The topological polar surface area (TPSA) is 40.5 Å². The third-order valence-corrected chi connectivity index (χ3v) is 3.95. The van der Waals surface area contributed by atoms with Gasteiger partial charge in [-0.3, -0.25) is 4.90 Å². The Morgan fingerprint density at radius 2 is 2.16 bits per heavy atom. The van der Waals surface area contributed by atoms with Crippen LogP contribution in [0.4, 0.5) is 4.39 Å². The minimum atomic E-state index is -1.02. The summed E-state index contributed by atoms with van der Waals surface area (Å²) in [4.78, 5) is 12.9. The van der Waals surface area contributed by atoms with Crippen LogP contribution >= 0.6 is 11.8 Å². The number of nitrogens with zero attached hydrogens (tertiary/aromatic N) is 1. The SMILES string of the molecule is O=C(O)C=Cc1cc(F)ccc1CN1CCSCC1. The predicted octanol–water partition coefficient (Wildman–Crippen LogP) is 2.47. The van der Waals surface area contributed by atoms with E-state index in [2.05, 4.69) is 4.90 Å². The van der Waals surface area contributed by atoms with Gasteiger partial charge >= 0.3 is 5.97 Å². The minimum Gasteiger partial charge on any atom is -0.478 e. The van der Waals surface area contributed by atoms with Gasteiger partial charge < -0.3 is 5.11 Å². The van der Waals surface area contributed by atoms with Crippen molar-refractivity contribution in [3.05, 3.63) is 41.2 Å². The molecule has 0 bridgehead atoms. The molecular weight excluding hydrogens is 265 g/mol. The smallest absolute Gasteiger partial charge is 0.328 e.